The zero-order valence-corrected chi connectivity index (χ0v) is 12.2. The van der Waals surface area contributed by atoms with Crippen LogP contribution in [0.5, 0.6) is 5.75 Å². The first-order valence-electron chi connectivity index (χ1n) is 7.29. The number of ether oxygens (including phenoxy) is 1. The number of carbonyl (C=O) groups is 2. The molecule has 1 aliphatic rings. The van der Waals surface area contributed by atoms with Gasteiger partial charge in [-0.3, -0.25) is 9.59 Å². The maximum atomic E-state index is 12.7. The molecule has 5 heteroatoms. The van der Waals surface area contributed by atoms with Crippen LogP contribution < -0.4 is 4.74 Å². The number of aliphatic carboxylic acids is 1. The Hall–Kier alpha value is -2.04. The van der Waals surface area contributed by atoms with Gasteiger partial charge in [0.15, 0.2) is 0 Å². The molecule has 1 N–H and O–H groups in total. The van der Waals surface area contributed by atoms with Crippen molar-refractivity contribution in [3.05, 3.63) is 29.8 Å². The lowest BCUT2D eigenvalue weighted by atomic mass is 9.96. The van der Waals surface area contributed by atoms with Crippen LogP contribution in [0.2, 0.25) is 0 Å². The van der Waals surface area contributed by atoms with Crippen LogP contribution in [0.3, 0.4) is 0 Å². The number of benzene rings is 1. The second-order valence-electron chi connectivity index (χ2n) is 5.28. The van der Waals surface area contributed by atoms with Gasteiger partial charge in [0, 0.05) is 19.0 Å². The smallest absolute Gasteiger partial charge is 0.303 e. The molecule has 5 nitrogen and oxygen atoms in total. The maximum absolute atomic E-state index is 12.7. The summed E-state index contributed by atoms with van der Waals surface area (Å²) in [5, 5.41) is 8.84. The highest BCUT2D eigenvalue weighted by atomic mass is 16.5. The molecule has 1 saturated heterocycles. The molecule has 0 aliphatic carbocycles. The molecular weight excluding hydrogens is 270 g/mol. The Balaban J connectivity index is 2.16. The van der Waals surface area contributed by atoms with Crippen molar-refractivity contribution >= 4 is 11.9 Å². The first-order chi connectivity index (χ1) is 10.1. The van der Waals surface area contributed by atoms with Gasteiger partial charge in [-0.1, -0.05) is 12.1 Å². The molecule has 0 bridgehead atoms. The summed E-state index contributed by atoms with van der Waals surface area (Å²) in [4.78, 5) is 25.3. The number of para-hydroxylation sites is 1. The molecule has 1 aromatic carbocycles. The van der Waals surface area contributed by atoms with E-state index in [1.165, 1.54) is 0 Å². The van der Waals surface area contributed by atoms with Crippen molar-refractivity contribution in [2.45, 2.75) is 38.1 Å². The number of carboxylic acids is 1. The normalized spacial score (nSPS) is 18.3. The molecule has 1 atom stereocenters. The third kappa shape index (κ3) is 3.74. The van der Waals surface area contributed by atoms with Crippen LogP contribution in [0.25, 0.3) is 0 Å². The average Bonchev–Trinajstić information content (AvgIpc) is 2.52. The zero-order valence-electron chi connectivity index (χ0n) is 12.2. The fraction of sp³-hybridized carbons (Fsp3) is 0.500. The summed E-state index contributed by atoms with van der Waals surface area (Å²) in [7, 11) is 1.55. The number of amides is 1. The number of carbonyl (C=O) groups excluding carboxylic acids is 1. The van der Waals surface area contributed by atoms with Crippen molar-refractivity contribution in [3.63, 3.8) is 0 Å². The largest absolute Gasteiger partial charge is 0.496 e. The molecule has 1 fully saturated rings. The molecule has 1 aliphatic heterocycles. The van der Waals surface area contributed by atoms with E-state index in [1.807, 2.05) is 17.0 Å². The molecule has 114 valence electrons. The Kier molecular flexibility index (Phi) is 5.20. The van der Waals surface area contributed by atoms with Gasteiger partial charge in [-0.05, 0) is 37.8 Å². The summed E-state index contributed by atoms with van der Waals surface area (Å²) in [5.41, 5.74) is 0.544. The number of methoxy groups -OCH3 is 1. The minimum atomic E-state index is -0.815. The third-order valence-corrected chi connectivity index (χ3v) is 3.92. The topological polar surface area (TPSA) is 66.8 Å². The van der Waals surface area contributed by atoms with Gasteiger partial charge in [0.2, 0.25) is 0 Å². The lowest BCUT2D eigenvalue weighted by Gasteiger charge is -2.36. The molecule has 2 rings (SSSR count). The highest BCUT2D eigenvalue weighted by Crippen LogP contribution is 2.26. The van der Waals surface area contributed by atoms with Crippen molar-refractivity contribution in [1.29, 1.82) is 0 Å². The summed E-state index contributed by atoms with van der Waals surface area (Å²) >= 11 is 0. The predicted molar refractivity (Wildman–Crippen MR) is 78.5 cm³/mol. The summed E-state index contributed by atoms with van der Waals surface area (Å²) in [6.45, 7) is 0.682. The summed E-state index contributed by atoms with van der Waals surface area (Å²) in [6, 6.07) is 7.17. The van der Waals surface area contributed by atoms with Crippen LogP contribution in [-0.2, 0) is 4.79 Å². The van der Waals surface area contributed by atoms with E-state index in [0.29, 0.717) is 24.3 Å². The number of likely N-dealkylation sites (tertiary alicyclic amines) is 1. The van der Waals surface area contributed by atoms with E-state index in [4.69, 9.17) is 9.84 Å². The van der Waals surface area contributed by atoms with Crippen LogP contribution in [0.1, 0.15) is 42.5 Å². The molecule has 1 aromatic rings. The van der Waals surface area contributed by atoms with Gasteiger partial charge in [0.25, 0.3) is 5.91 Å². The second kappa shape index (κ2) is 7.11. The zero-order chi connectivity index (χ0) is 15.2. The monoisotopic (exact) mass is 291 g/mol. The van der Waals surface area contributed by atoms with Crippen LogP contribution in [0, 0.1) is 0 Å². The fourth-order valence-electron chi connectivity index (χ4n) is 2.83. The van der Waals surface area contributed by atoms with E-state index in [0.717, 1.165) is 19.3 Å². The predicted octanol–water partition coefficient (Wildman–Crippen LogP) is 2.55. The van der Waals surface area contributed by atoms with Gasteiger partial charge in [0.05, 0.1) is 12.7 Å². The summed E-state index contributed by atoms with van der Waals surface area (Å²) < 4.78 is 5.25. The van der Waals surface area contributed by atoms with E-state index in [9.17, 15) is 9.59 Å². The lowest BCUT2D eigenvalue weighted by molar-refractivity contribution is -0.137. The van der Waals surface area contributed by atoms with E-state index in [-0.39, 0.29) is 18.4 Å². The van der Waals surface area contributed by atoms with E-state index in [2.05, 4.69) is 0 Å². The molecule has 21 heavy (non-hydrogen) atoms. The molecule has 0 unspecified atom stereocenters. The lowest BCUT2D eigenvalue weighted by Crippen LogP contribution is -2.44. The number of nitrogens with zero attached hydrogens (tertiary/aromatic N) is 1. The third-order valence-electron chi connectivity index (χ3n) is 3.92. The molecule has 1 heterocycles. The molecule has 0 radical (unpaired) electrons. The Labute approximate surface area is 124 Å². The van der Waals surface area contributed by atoms with Crippen LogP contribution in [0.15, 0.2) is 24.3 Å². The number of hydrogen-bond donors (Lipinski definition) is 1. The minimum absolute atomic E-state index is 0.00672. The number of piperidine rings is 1. The van der Waals surface area contributed by atoms with E-state index >= 15 is 0 Å². The van der Waals surface area contributed by atoms with Crippen LogP contribution >= 0.6 is 0 Å². The molecule has 0 spiro atoms. The minimum Gasteiger partial charge on any atom is -0.496 e. The van der Waals surface area contributed by atoms with Crippen molar-refractivity contribution in [3.8, 4) is 5.75 Å². The maximum Gasteiger partial charge on any atom is 0.303 e. The summed E-state index contributed by atoms with van der Waals surface area (Å²) in [5.74, 6) is -0.321. The standard InChI is InChI=1S/C16H21NO4/c1-21-14-8-3-2-7-13(14)16(20)17-11-5-4-6-12(17)9-10-15(18)19/h2-3,7-8,12H,4-6,9-11H2,1H3,(H,18,19)/t12-/m0/s1. The highest BCUT2D eigenvalue weighted by Gasteiger charge is 2.29. The fourth-order valence-corrected chi connectivity index (χ4v) is 2.83. The quantitative estimate of drug-likeness (QED) is 0.905. The molecular formula is C16H21NO4. The highest BCUT2D eigenvalue weighted by molar-refractivity contribution is 5.97. The first-order valence-corrected chi connectivity index (χ1v) is 7.29. The second-order valence-corrected chi connectivity index (χ2v) is 5.28. The molecule has 0 saturated carbocycles. The van der Waals surface area contributed by atoms with Crippen molar-refractivity contribution in [1.82, 2.24) is 4.90 Å². The van der Waals surface area contributed by atoms with Crippen molar-refractivity contribution in [2.24, 2.45) is 0 Å². The van der Waals surface area contributed by atoms with Gasteiger partial charge >= 0.3 is 5.97 Å². The first kappa shape index (κ1) is 15.4. The molecule has 1 amide bonds. The van der Waals surface area contributed by atoms with Crippen LogP contribution in [0.4, 0.5) is 0 Å². The Bertz CT molecular complexity index is 515. The Morgan fingerprint density at radius 2 is 2.10 bits per heavy atom. The van der Waals surface area contributed by atoms with Gasteiger partial charge in [-0.2, -0.15) is 0 Å². The SMILES string of the molecule is COc1ccccc1C(=O)N1CCCC[C@H]1CCC(=O)O. The Morgan fingerprint density at radius 3 is 2.81 bits per heavy atom. The molecule has 0 aromatic heterocycles. The Morgan fingerprint density at radius 1 is 1.33 bits per heavy atom. The van der Waals surface area contributed by atoms with Gasteiger partial charge < -0.3 is 14.7 Å². The van der Waals surface area contributed by atoms with Gasteiger partial charge in [-0.25, -0.2) is 0 Å². The van der Waals surface area contributed by atoms with Crippen molar-refractivity contribution in [2.75, 3.05) is 13.7 Å². The summed E-state index contributed by atoms with van der Waals surface area (Å²) in [6.07, 6.45) is 3.48. The van der Waals surface area contributed by atoms with Gasteiger partial charge in [-0.15, -0.1) is 0 Å². The van der Waals surface area contributed by atoms with Crippen molar-refractivity contribution < 1.29 is 19.4 Å². The average molecular weight is 291 g/mol. The van der Waals surface area contributed by atoms with E-state index < -0.39 is 5.97 Å². The van der Waals surface area contributed by atoms with Gasteiger partial charge in [0.1, 0.15) is 5.75 Å². The number of carboxylic acid groups (broad SMARTS) is 1. The van der Waals surface area contributed by atoms with Crippen LogP contribution in [-0.4, -0.2) is 41.6 Å². The van der Waals surface area contributed by atoms with E-state index in [1.54, 1.807) is 19.2 Å². The number of rotatable bonds is 5. The number of hydrogen-bond acceptors (Lipinski definition) is 3.